The van der Waals surface area contributed by atoms with E-state index in [2.05, 4.69) is 4.98 Å². The van der Waals surface area contributed by atoms with Gasteiger partial charge in [-0.25, -0.2) is 4.98 Å². The van der Waals surface area contributed by atoms with Gasteiger partial charge in [0.05, 0.1) is 7.11 Å². The third kappa shape index (κ3) is 2.08. The van der Waals surface area contributed by atoms with E-state index in [4.69, 9.17) is 15.0 Å². The summed E-state index contributed by atoms with van der Waals surface area (Å²) in [5.74, 6) is 0.611. The van der Waals surface area contributed by atoms with E-state index in [9.17, 15) is 0 Å². The van der Waals surface area contributed by atoms with Gasteiger partial charge in [-0.3, -0.25) is 0 Å². The van der Waals surface area contributed by atoms with E-state index < -0.39 is 0 Å². The van der Waals surface area contributed by atoms with Crippen LogP contribution in [-0.2, 0) is 11.4 Å². The fourth-order valence-corrected chi connectivity index (χ4v) is 1.31. The molecule has 0 fully saturated rings. The first-order chi connectivity index (χ1) is 7.19. The van der Waals surface area contributed by atoms with Crippen LogP contribution in [0.3, 0.4) is 0 Å². The first-order valence-corrected chi connectivity index (χ1v) is 4.59. The van der Waals surface area contributed by atoms with Crippen LogP contribution < -0.4 is 5.73 Å². The van der Waals surface area contributed by atoms with E-state index in [1.807, 2.05) is 13.1 Å². The molecule has 1 aromatic heterocycles. The quantitative estimate of drug-likeness (QED) is 0.608. The van der Waals surface area contributed by atoms with Crippen molar-refractivity contribution in [3.8, 4) is 0 Å². The third-order valence-electron chi connectivity index (χ3n) is 2.13. The minimum absolute atomic E-state index is 0.505. The highest BCUT2D eigenvalue weighted by Gasteiger charge is 2.07. The highest BCUT2D eigenvalue weighted by molar-refractivity contribution is 5.76. The second-order valence-corrected chi connectivity index (χ2v) is 3.30. The summed E-state index contributed by atoms with van der Waals surface area (Å²) in [4.78, 5) is 9.28. The predicted molar refractivity (Wildman–Crippen MR) is 56.9 cm³/mol. The van der Waals surface area contributed by atoms with E-state index in [1.54, 1.807) is 24.3 Å². The summed E-state index contributed by atoms with van der Waals surface area (Å²) in [7, 11) is 3.41. The molecule has 5 nitrogen and oxygen atoms in total. The van der Waals surface area contributed by atoms with Crippen molar-refractivity contribution in [3.05, 3.63) is 24.1 Å². The van der Waals surface area contributed by atoms with Crippen LogP contribution >= 0.6 is 0 Å². The molecule has 5 heteroatoms. The topological polar surface area (TPSA) is 64.5 Å². The Bertz CT molecular complexity index is 467. The smallest absolute Gasteiger partial charge is 0.212 e. The van der Waals surface area contributed by atoms with Gasteiger partial charge in [-0.1, -0.05) is 0 Å². The lowest BCUT2D eigenvalue weighted by Crippen LogP contribution is -2.15. The molecule has 1 heterocycles. The van der Waals surface area contributed by atoms with E-state index in [0.717, 1.165) is 11.1 Å². The van der Waals surface area contributed by atoms with Crippen molar-refractivity contribution in [2.75, 3.05) is 19.9 Å². The van der Waals surface area contributed by atoms with Gasteiger partial charge in [-0.05, 0) is 18.2 Å². The van der Waals surface area contributed by atoms with Crippen LogP contribution in [0.5, 0.6) is 0 Å². The average Bonchev–Trinajstić information content (AvgIpc) is 2.59. The molecule has 0 saturated heterocycles. The first-order valence-electron chi connectivity index (χ1n) is 4.59. The van der Waals surface area contributed by atoms with Crippen LogP contribution in [0.25, 0.3) is 11.1 Å². The molecule has 15 heavy (non-hydrogen) atoms. The fourth-order valence-electron chi connectivity index (χ4n) is 1.31. The molecule has 0 saturated carbocycles. The summed E-state index contributed by atoms with van der Waals surface area (Å²) in [5, 5.41) is 1.63. The Balaban J connectivity index is 2.30. The molecule has 0 unspecified atom stereocenters. The number of hydroxylamine groups is 2. The van der Waals surface area contributed by atoms with Gasteiger partial charge in [0.1, 0.15) is 12.1 Å². The number of hydrogen-bond donors (Lipinski definition) is 1. The molecule has 0 aliphatic carbocycles. The SMILES string of the molecule is CON(C)Cc1nc2cc(N)ccc2o1. The molecule has 0 aliphatic heterocycles. The molecule has 2 rings (SSSR count). The Labute approximate surface area is 87.4 Å². The highest BCUT2D eigenvalue weighted by atomic mass is 16.7. The number of hydrogen-bond acceptors (Lipinski definition) is 5. The number of benzene rings is 1. The van der Waals surface area contributed by atoms with Crippen LogP contribution in [0.2, 0.25) is 0 Å². The van der Waals surface area contributed by atoms with E-state index in [1.165, 1.54) is 0 Å². The summed E-state index contributed by atoms with van der Waals surface area (Å²) >= 11 is 0. The molecule has 1 aromatic carbocycles. The minimum atomic E-state index is 0.505. The Morgan fingerprint density at radius 1 is 1.53 bits per heavy atom. The zero-order valence-electron chi connectivity index (χ0n) is 8.73. The first kappa shape index (κ1) is 9.95. The largest absolute Gasteiger partial charge is 0.439 e. The maximum absolute atomic E-state index is 5.64. The molecule has 0 radical (unpaired) electrons. The summed E-state index contributed by atoms with van der Waals surface area (Å²) < 4.78 is 5.51. The average molecular weight is 207 g/mol. The number of nitrogens with zero attached hydrogens (tertiary/aromatic N) is 2. The maximum Gasteiger partial charge on any atom is 0.212 e. The van der Waals surface area contributed by atoms with Gasteiger partial charge in [-0.2, -0.15) is 5.06 Å². The van der Waals surface area contributed by atoms with Gasteiger partial charge in [0.25, 0.3) is 0 Å². The van der Waals surface area contributed by atoms with Crippen LogP contribution in [0.4, 0.5) is 5.69 Å². The van der Waals surface area contributed by atoms with Crippen molar-refractivity contribution in [3.63, 3.8) is 0 Å². The normalized spacial score (nSPS) is 11.4. The van der Waals surface area contributed by atoms with Crippen molar-refractivity contribution >= 4 is 16.8 Å². The van der Waals surface area contributed by atoms with E-state index in [-0.39, 0.29) is 0 Å². The van der Waals surface area contributed by atoms with Gasteiger partial charge in [0, 0.05) is 12.7 Å². The standard InChI is InChI=1S/C10H13N3O2/c1-13(14-2)6-10-12-8-5-7(11)3-4-9(8)15-10/h3-5H,6,11H2,1-2H3. The second-order valence-electron chi connectivity index (χ2n) is 3.30. The molecular weight excluding hydrogens is 194 g/mol. The third-order valence-corrected chi connectivity index (χ3v) is 2.13. The van der Waals surface area contributed by atoms with Crippen molar-refractivity contribution in [1.29, 1.82) is 0 Å². The van der Waals surface area contributed by atoms with Crippen molar-refractivity contribution in [2.45, 2.75) is 6.54 Å². The van der Waals surface area contributed by atoms with Crippen molar-refractivity contribution in [1.82, 2.24) is 10.0 Å². The minimum Gasteiger partial charge on any atom is -0.439 e. The molecule has 0 spiro atoms. The van der Waals surface area contributed by atoms with Crippen molar-refractivity contribution in [2.24, 2.45) is 0 Å². The van der Waals surface area contributed by atoms with Gasteiger partial charge in [-0.15, -0.1) is 0 Å². The fraction of sp³-hybridized carbons (Fsp3) is 0.300. The van der Waals surface area contributed by atoms with Crippen LogP contribution in [0.15, 0.2) is 22.6 Å². The van der Waals surface area contributed by atoms with Crippen LogP contribution in [0.1, 0.15) is 5.89 Å². The Kier molecular flexibility index (Phi) is 2.57. The summed E-state index contributed by atoms with van der Waals surface area (Å²) in [5.41, 5.74) is 7.84. The molecule has 0 amide bonds. The zero-order valence-corrected chi connectivity index (χ0v) is 8.73. The van der Waals surface area contributed by atoms with Gasteiger partial charge >= 0.3 is 0 Å². The maximum atomic E-state index is 5.64. The summed E-state index contributed by atoms with van der Waals surface area (Å²) in [6.07, 6.45) is 0. The molecule has 0 atom stereocenters. The van der Waals surface area contributed by atoms with Crippen LogP contribution in [0, 0.1) is 0 Å². The Hall–Kier alpha value is -1.59. The Morgan fingerprint density at radius 3 is 3.07 bits per heavy atom. The number of anilines is 1. The van der Waals surface area contributed by atoms with E-state index in [0.29, 0.717) is 18.1 Å². The number of rotatable bonds is 3. The summed E-state index contributed by atoms with van der Waals surface area (Å²) in [6.45, 7) is 0.505. The number of fused-ring (bicyclic) bond motifs is 1. The van der Waals surface area contributed by atoms with E-state index >= 15 is 0 Å². The predicted octanol–water partition coefficient (Wildman–Crippen LogP) is 1.40. The number of oxazole rings is 1. The molecule has 0 aliphatic rings. The highest BCUT2D eigenvalue weighted by Crippen LogP contribution is 2.18. The van der Waals surface area contributed by atoms with Gasteiger partial charge < -0.3 is 15.0 Å². The molecular formula is C10H13N3O2. The number of nitrogen functional groups attached to an aromatic ring is 1. The molecule has 2 N–H and O–H groups in total. The number of nitrogens with two attached hydrogens (primary N) is 1. The lowest BCUT2D eigenvalue weighted by Gasteiger charge is -2.09. The van der Waals surface area contributed by atoms with Crippen molar-refractivity contribution < 1.29 is 9.25 Å². The van der Waals surface area contributed by atoms with Gasteiger partial charge in [0.2, 0.25) is 5.89 Å². The lowest BCUT2D eigenvalue weighted by atomic mass is 10.3. The molecule has 2 aromatic rings. The lowest BCUT2D eigenvalue weighted by molar-refractivity contribution is -0.120. The summed E-state index contributed by atoms with van der Waals surface area (Å²) in [6, 6.07) is 5.39. The Morgan fingerprint density at radius 2 is 2.33 bits per heavy atom. The monoisotopic (exact) mass is 207 g/mol. The zero-order chi connectivity index (χ0) is 10.8. The number of aromatic nitrogens is 1. The second kappa shape index (κ2) is 3.88. The molecule has 0 bridgehead atoms. The molecule has 80 valence electrons. The van der Waals surface area contributed by atoms with Gasteiger partial charge in [0.15, 0.2) is 5.58 Å². The van der Waals surface area contributed by atoms with Crippen LogP contribution in [-0.4, -0.2) is 24.2 Å².